The number of nitrogens with one attached hydrogen (secondary N) is 1. The van der Waals surface area contributed by atoms with Gasteiger partial charge in [-0.1, -0.05) is 12.1 Å². The normalized spacial score (nSPS) is 11.3. The maximum atomic E-state index is 7.95. The van der Waals surface area contributed by atoms with Gasteiger partial charge in [-0.05, 0) is 12.1 Å². The van der Waals surface area contributed by atoms with E-state index in [9.17, 15) is 0 Å². The highest BCUT2D eigenvalue weighted by Gasteiger charge is 2.06. The molecular formula is C10H8N4O. The smallest absolute Gasteiger partial charge is 0.326 e. The molecule has 0 bridgehead atoms. The summed E-state index contributed by atoms with van der Waals surface area (Å²) in [7, 11) is 0. The first-order valence-corrected chi connectivity index (χ1v) is 4.55. The first-order chi connectivity index (χ1) is 7.25. The average molecular weight is 200 g/mol. The van der Waals surface area contributed by atoms with Crippen molar-refractivity contribution in [2.24, 2.45) is 0 Å². The van der Waals surface area contributed by atoms with Gasteiger partial charge in [0, 0.05) is 12.3 Å². The van der Waals surface area contributed by atoms with Gasteiger partial charge in [0.15, 0.2) is 5.49 Å². The van der Waals surface area contributed by atoms with Crippen molar-refractivity contribution < 1.29 is 4.42 Å². The first-order valence-electron chi connectivity index (χ1n) is 4.55. The molecule has 1 N–H and O–H groups in total. The van der Waals surface area contributed by atoms with Gasteiger partial charge >= 0.3 is 5.84 Å². The number of para-hydroxylation sites is 1. The van der Waals surface area contributed by atoms with Crippen molar-refractivity contribution in [1.29, 1.82) is 5.41 Å². The minimum Gasteiger partial charge on any atom is -0.408 e. The zero-order valence-corrected chi connectivity index (χ0v) is 8.06. The van der Waals surface area contributed by atoms with Crippen LogP contribution in [0.15, 0.2) is 28.7 Å². The Morgan fingerprint density at radius 2 is 2.13 bits per heavy atom. The molecule has 74 valence electrons. The van der Waals surface area contributed by atoms with E-state index in [4.69, 9.17) is 9.83 Å². The molecule has 2 aromatic heterocycles. The van der Waals surface area contributed by atoms with Gasteiger partial charge in [-0.2, -0.15) is 9.50 Å². The molecule has 0 aliphatic carbocycles. The number of aromatic nitrogens is 3. The molecule has 0 saturated heterocycles. The molecule has 3 aromatic rings. The van der Waals surface area contributed by atoms with Crippen LogP contribution in [0.3, 0.4) is 0 Å². The third-order valence-corrected chi connectivity index (χ3v) is 2.25. The van der Waals surface area contributed by atoms with Gasteiger partial charge in [0.1, 0.15) is 0 Å². The molecular weight excluding hydrogens is 192 g/mol. The predicted octanol–water partition coefficient (Wildman–Crippen LogP) is 1.26. The van der Waals surface area contributed by atoms with Crippen LogP contribution in [-0.2, 0) is 0 Å². The highest BCUT2D eigenvalue weighted by atomic mass is 16.4. The van der Waals surface area contributed by atoms with Crippen molar-refractivity contribution in [2.75, 3.05) is 0 Å². The van der Waals surface area contributed by atoms with Gasteiger partial charge in [0.2, 0.25) is 5.89 Å². The van der Waals surface area contributed by atoms with Crippen molar-refractivity contribution in [3.05, 3.63) is 35.6 Å². The SMILES string of the molecule is Cc1nn2c(=N)c3ccccc3nc2o1. The number of benzene rings is 1. The Kier molecular flexibility index (Phi) is 1.45. The lowest BCUT2D eigenvalue weighted by atomic mass is 10.2. The maximum Gasteiger partial charge on any atom is 0.326 e. The van der Waals surface area contributed by atoms with Crippen LogP contribution in [0, 0.1) is 12.3 Å². The van der Waals surface area contributed by atoms with Crippen molar-refractivity contribution in [2.45, 2.75) is 6.92 Å². The Morgan fingerprint density at radius 1 is 1.33 bits per heavy atom. The molecule has 15 heavy (non-hydrogen) atoms. The monoisotopic (exact) mass is 200 g/mol. The maximum absolute atomic E-state index is 7.95. The van der Waals surface area contributed by atoms with Gasteiger partial charge in [-0.3, -0.25) is 5.41 Å². The van der Waals surface area contributed by atoms with Crippen LogP contribution < -0.4 is 5.49 Å². The Hall–Kier alpha value is -2.17. The lowest BCUT2D eigenvalue weighted by Gasteiger charge is -1.96. The van der Waals surface area contributed by atoms with E-state index in [1.54, 1.807) is 6.92 Å². The fourth-order valence-corrected chi connectivity index (χ4v) is 1.58. The number of nitrogens with zero attached hydrogens (tertiary/aromatic N) is 3. The Balaban J connectivity index is 2.65. The molecule has 0 aliphatic heterocycles. The zero-order chi connectivity index (χ0) is 10.4. The Labute approximate surface area is 84.5 Å². The van der Waals surface area contributed by atoms with Crippen molar-refractivity contribution >= 4 is 16.7 Å². The molecule has 0 aliphatic rings. The van der Waals surface area contributed by atoms with Crippen LogP contribution >= 0.6 is 0 Å². The molecule has 5 heteroatoms. The standard InChI is InChI=1S/C10H8N4O/c1-6-13-14-9(11)7-4-2-3-5-8(7)12-10(14)15-6/h2-5,11H,1H3. The molecule has 0 amide bonds. The van der Waals surface area contributed by atoms with Gasteiger partial charge in [-0.25, -0.2) is 0 Å². The van der Waals surface area contributed by atoms with Gasteiger partial charge < -0.3 is 4.42 Å². The van der Waals surface area contributed by atoms with Crippen LogP contribution in [-0.4, -0.2) is 14.6 Å². The topological polar surface area (TPSA) is 67.2 Å². The molecule has 0 unspecified atom stereocenters. The number of hydrogen-bond donors (Lipinski definition) is 1. The summed E-state index contributed by atoms with van der Waals surface area (Å²) in [4.78, 5) is 4.27. The van der Waals surface area contributed by atoms with Crippen LogP contribution in [0.4, 0.5) is 0 Å². The highest BCUT2D eigenvalue weighted by molar-refractivity contribution is 5.78. The zero-order valence-electron chi connectivity index (χ0n) is 8.06. The number of fused-ring (bicyclic) bond motifs is 2. The minimum atomic E-state index is 0.299. The lowest BCUT2D eigenvalue weighted by Crippen LogP contribution is -2.15. The molecule has 2 heterocycles. The molecule has 5 nitrogen and oxygen atoms in total. The average Bonchev–Trinajstić information content (AvgIpc) is 2.59. The van der Waals surface area contributed by atoms with E-state index < -0.39 is 0 Å². The van der Waals surface area contributed by atoms with Crippen molar-refractivity contribution in [3.8, 4) is 0 Å². The Bertz CT molecular complexity index is 710. The molecule has 0 saturated carbocycles. The summed E-state index contributed by atoms with van der Waals surface area (Å²) in [6, 6.07) is 7.46. The van der Waals surface area contributed by atoms with E-state index in [1.165, 1.54) is 4.52 Å². The number of hydrogen-bond acceptors (Lipinski definition) is 4. The second-order valence-electron chi connectivity index (χ2n) is 3.29. The minimum absolute atomic E-state index is 0.299. The van der Waals surface area contributed by atoms with Crippen LogP contribution in [0.2, 0.25) is 0 Å². The van der Waals surface area contributed by atoms with E-state index in [-0.39, 0.29) is 0 Å². The van der Waals surface area contributed by atoms with Crippen LogP contribution in [0.1, 0.15) is 5.89 Å². The van der Waals surface area contributed by atoms with Crippen LogP contribution in [0.25, 0.3) is 16.7 Å². The molecule has 1 aromatic carbocycles. The number of rotatable bonds is 0. The fraction of sp³-hybridized carbons (Fsp3) is 0.100. The van der Waals surface area contributed by atoms with Crippen molar-refractivity contribution in [3.63, 3.8) is 0 Å². The third kappa shape index (κ3) is 1.06. The van der Waals surface area contributed by atoms with Gasteiger partial charge in [0.25, 0.3) is 0 Å². The van der Waals surface area contributed by atoms with E-state index in [2.05, 4.69) is 10.1 Å². The molecule has 0 atom stereocenters. The summed E-state index contributed by atoms with van der Waals surface area (Å²) in [6.45, 7) is 1.73. The second kappa shape index (κ2) is 2.66. The molecule has 0 fully saturated rings. The highest BCUT2D eigenvalue weighted by Crippen LogP contribution is 2.08. The van der Waals surface area contributed by atoms with E-state index >= 15 is 0 Å². The van der Waals surface area contributed by atoms with Crippen molar-refractivity contribution in [1.82, 2.24) is 14.6 Å². The second-order valence-corrected chi connectivity index (χ2v) is 3.29. The number of aryl methyl sites for hydroxylation is 1. The molecule has 0 radical (unpaired) electrons. The van der Waals surface area contributed by atoms with E-state index in [1.807, 2.05) is 24.3 Å². The van der Waals surface area contributed by atoms with Gasteiger partial charge in [0.05, 0.1) is 5.52 Å². The molecule has 3 rings (SSSR count). The van der Waals surface area contributed by atoms with Gasteiger partial charge in [-0.15, -0.1) is 5.10 Å². The quantitative estimate of drug-likeness (QED) is 0.594. The van der Waals surface area contributed by atoms with E-state index in [0.29, 0.717) is 17.2 Å². The predicted molar refractivity (Wildman–Crippen MR) is 53.4 cm³/mol. The summed E-state index contributed by atoms with van der Waals surface area (Å²) < 4.78 is 6.68. The summed E-state index contributed by atoms with van der Waals surface area (Å²) >= 11 is 0. The Morgan fingerprint density at radius 3 is 3.00 bits per heavy atom. The summed E-state index contributed by atoms with van der Waals surface area (Å²) in [5.74, 6) is 0.863. The summed E-state index contributed by atoms with van der Waals surface area (Å²) in [5.41, 5.74) is 1.05. The summed E-state index contributed by atoms with van der Waals surface area (Å²) in [6.07, 6.45) is 0. The summed E-state index contributed by atoms with van der Waals surface area (Å²) in [5, 5.41) is 12.8. The fourth-order valence-electron chi connectivity index (χ4n) is 1.58. The van der Waals surface area contributed by atoms with E-state index in [0.717, 1.165) is 10.9 Å². The molecule has 0 spiro atoms. The third-order valence-electron chi connectivity index (χ3n) is 2.25. The first kappa shape index (κ1) is 8.16. The van der Waals surface area contributed by atoms with Crippen LogP contribution in [0.5, 0.6) is 0 Å². The lowest BCUT2D eigenvalue weighted by molar-refractivity contribution is 0.551. The largest absolute Gasteiger partial charge is 0.408 e.